The summed E-state index contributed by atoms with van der Waals surface area (Å²) in [6, 6.07) is 14.8. The number of carbonyl (C=O) groups excluding carboxylic acids is 1. The van der Waals surface area contributed by atoms with Crippen LogP contribution >= 0.6 is 11.6 Å². The molecule has 0 radical (unpaired) electrons. The van der Waals surface area contributed by atoms with Crippen LogP contribution in [0.3, 0.4) is 0 Å². The van der Waals surface area contributed by atoms with E-state index in [9.17, 15) is 9.90 Å². The van der Waals surface area contributed by atoms with Crippen molar-refractivity contribution in [1.29, 1.82) is 0 Å². The monoisotopic (exact) mass is 430 g/mol. The molecular formula is C23H27ClN2O4. The number of aliphatic hydroxyl groups excluding tert-OH is 1. The number of para-hydroxylation sites is 2. The van der Waals surface area contributed by atoms with Crippen LogP contribution < -0.4 is 14.8 Å². The van der Waals surface area contributed by atoms with Crippen molar-refractivity contribution in [3.8, 4) is 11.5 Å². The lowest BCUT2D eigenvalue weighted by atomic mass is 10.1. The van der Waals surface area contributed by atoms with E-state index in [0.29, 0.717) is 16.5 Å². The summed E-state index contributed by atoms with van der Waals surface area (Å²) in [5, 5.41) is 14.4. The lowest BCUT2D eigenvalue weighted by Gasteiger charge is -2.28. The predicted molar refractivity (Wildman–Crippen MR) is 116 cm³/mol. The van der Waals surface area contributed by atoms with Crippen LogP contribution in [0.4, 0.5) is 5.69 Å². The summed E-state index contributed by atoms with van der Waals surface area (Å²) < 4.78 is 12.2. The molecule has 4 rings (SSSR count). The molecule has 1 amide bonds. The molecule has 1 aliphatic carbocycles. The van der Waals surface area contributed by atoms with Crippen molar-refractivity contribution >= 4 is 23.2 Å². The van der Waals surface area contributed by atoms with Crippen LogP contribution in [-0.2, 0) is 4.79 Å². The summed E-state index contributed by atoms with van der Waals surface area (Å²) in [6.07, 6.45) is 1.74. The highest BCUT2D eigenvalue weighted by Gasteiger charge is 2.42. The van der Waals surface area contributed by atoms with Crippen molar-refractivity contribution in [2.24, 2.45) is 0 Å². The molecule has 4 atom stereocenters. The van der Waals surface area contributed by atoms with Gasteiger partial charge >= 0.3 is 0 Å². The zero-order valence-corrected chi connectivity index (χ0v) is 17.7. The zero-order chi connectivity index (χ0) is 21.1. The van der Waals surface area contributed by atoms with Crippen LogP contribution in [0.15, 0.2) is 48.5 Å². The second-order valence-corrected chi connectivity index (χ2v) is 8.38. The standard InChI is InChI=1S/C23H27ClN2O4/c1-15(27)25-19-4-2-3-5-21(19)30-22-11-10-20(23(22)28)26-13-12-18(14-26)29-17-8-6-16(24)7-9-17/h2-9,18,20,22-23,28H,10-14H2,1H3,(H,25,27)/t18?,20-,22?,23?/m0/s1. The van der Waals surface area contributed by atoms with Crippen molar-refractivity contribution < 1.29 is 19.4 Å². The van der Waals surface area contributed by atoms with Crippen molar-refractivity contribution in [2.75, 3.05) is 18.4 Å². The van der Waals surface area contributed by atoms with E-state index in [2.05, 4.69) is 10.2 Å². The number of hydrogen-bond donors (Lipinski definition) is 2. The number of carbonyl (C=O) groups is 1. The number of nitrogens with one attached hydrogen (secondary N) is 1. The van der Waals surface area contributed by atoms with Gasteiger partial charge in [-0.2, -0.15) is 0 Å². The Morgan fingerprint density at radius 1 is 1.10 bits per heavy atom. The van der Waals surface area contributed by atoms with E-state index < -0.39 is 6.10 Å². The molecule has 1 saturated carbocycles. The van der Waals surface area contributed by atoms with Gasteiger partial charge in [-0.25, -0.2) is 0 Å². The summed E-state index contributed by atoms with van der Waals surface area (Å²) >= 11 is 5.94. The minimum atomic E-state index is -0.593. The molecule has 2 N–H and O–H groups in total. The van der Waals surface area contributed by atoms with E-state index in [0.717, 1.165) is 38.1 Å². The summed E-state index contributed by atoms with van der Waals surface area (Å²) in [5.74, 6) is 1.25. The number of anilines is 1. The normalized spacial score (nSPS) is 26.5. The molecule has 1 aliphatic heterocycles. The summed E-state index contributed by atoms with van der Waals surface area (Å²) in [6.45, 7) is 3.13. The number of halogens is 1. The Balaban J connectivity index is 1.34. The topological polar surface area (TPSA) is 71.0 Å². The van der Waals surface area contributed by atoms with Gasteiger partial charge in [-0.3, -0.25) is 9.69 Å². The van der Waals surface area contributed by atoms with Crippen LogP contribution in [-0.4, -0.2) is 53.4 Å². The van der Waals surface area contributed by atoms with Gasteiger partial charge < -0.3 is 19.9 Å². The second-order valence-electron chi connectivity index (χ2n) is 7.95. The van der Waals surface area contributed by atoms with Gasteiger partial charge in [-0.1, -0.05) is 23.7 Å². The van der Waals surface area contributed by atoms with Crippen LogP contribution in [0, 0.1) is 0 Å². The van der Waals surface area contributed by atoms with Crippen molar-refractivity contribution in [1.82, 2.24) is 4.90 Å². The highest BCUT2D eigenvalue weighted by Crippen LogP contribution is 2.34. The average molecular weight is 431 g/mol. The SMILES string of the molecule is CC(=O)Nc1ccccc1OC1CC[C@H](N2CCC(Oc3ccc(Cl)cc3)C2)C1O. The number of benzene rings is 2. The second kappa shape index (κ2) is 9.25. The first-order valence-corrected chi connectivity index (χ1v) is 10.7. The lowest BCUT2D eigenvalue weighted by molar-refractivity contribution is -0.114. The predicted octanol–water partition coefficient (Wildman–Crippen LogP) is 3.72. The number of aliphatic hydroxyl groups is 1. The third-order valence-corrected chi connectivity index (χ3v) is 6.01. The first-order chi connectivity index (χ1) is 14.5. The van der Waals surface area contributed by atoms with Gasteiger partial charge in [0.15, 0.2) is 0 Å². The van der Waals surface area contributed by atoms with E-state index in [1.165, 1.54) is 6.92 Å². The lowest BCUT2D eigenvalue weighted by Crippen LogP contribution is -2.44. The van der Waals surface area contributed by atoms with Crippen molar-refractivity contribution in [2.45, 2.75) is 50.5 Å². The fourth-order valence-electron chi connectivity index (χ4n) is 4.33. The smallest absolute Gasteiger partial charge is 0.221 e. The largest absolute Gasteiger partial charge is 0.489 e. The molecule has 160 valence electrons. The van der Waals surface area contributed by atoms with Gasteiger partial charge in [0.2, 0.25) is 5.91 Å². The van der Waals surface area contributed by atoms with Gasteiger partial charge in [0.1, 0.15) is 29.8 Å². The van der Waals surface area contributed by atoms with Crippen LogP contribution in [0.2, 0.25) is 5.02 Å². The maximum absolute atomic E-state index is 11.4. The number of hydrogen-bond acceptors (Lipinski definition) is 5. The maximum Gasteiger partial charge on any atom is 0.221 e. The number of nitrogens with zero attached hydrogens (tertiary/aromatic N) is 1. The molecule has 1 heterocycles. The number of likely N-dealkylation sites (tertiary alicyclic amines) is 1. The Morgan fingerprint density at radius 2 is 1.87 bits per heavy atom. The first-order valence-electron chi connectivity index (χ1n) is 10.4. The third-order valence-electron chi connectivity index (χ3n) is 5.76. The van der Waals surface area contributed by atoms with Gasteiger partial charge in [0.25, 0.3) is 0 Å². The molecule has 3 unspecified atom stereocenters. The fourth-order valence-corrected chi connectivity index (χ4v) is 4.46. The highest BCUT2D eigenvalue weighted by atomic mass is 35.5. The van der Waals surface area contributed by atoms with E-state index in [1.807, 2.05) is 42.5 Å². The summed E-state index contributed by atoms with van der Waals surface area (Å²) in [5.41, 5.74) is 0.623. The van der Waals surface area contributed by atoms with Crippen LogP contribution in [0.5, 0.6) is 11.5 Å². The van der Waals surface area contributed by atoms with Gasteiger partial charge in [-0.05, 0) is 55.7 Å². The molecule has 2 aliphatic rings. The first kappa shape index (κ1) is 21.0. The Morgan fingerprint density at radius 3 is 2.63 bits per heavy atom. The van der Waals surface area contributed by atoms with E-state index >= 15 is 0 Å². The number of amides is 1. The van der Waals surface area contributed by atoms with Crippen LogP contribution in [0.1, 0.15) is 26.2 Å². The molecule has 7 heteroatoms. The van der Waals surface area contributed by atoms with E-state index in [-0.39, 0.29) is 24.2 Å². The molecule has 1 saturated heterocycles. The Bertz CT molecular complexity index is 876. The minimum absolute atomic E-state index is 0.0433. The molecule has 6 nitrogen and oxygen atoms in total. The Hall–Kier alpha value is -2.28. The fraction of sp³-hybridized carbons (Fsp3) is 0.435. The van der Waals surface area contributed by atoms with Gasteiger partial charge in [0.05, 0.1) is 5.69 Å². The molecule has 2 fully saturated rings. The van der Waals surface area contributed by atoms with Crippen LogP contribution in [0.25, 0.3) is 0 Å². The maximum atomic E-state index is 11.4. The Kier molecular flexibility index (Phi) is 6.46. The molecule has 0 aromatic heterocycles. The van der Waals surface area contributed by atoms with Gasteiger partial charge in [0, 0.05) is 31.1 Å². The minimum Gasteiger partial charge on any atom is -0.489 e. The molecule has 2 aromatic rings. The summed E-state index contributed by atoms with van der Waals surface area (Å²) in [4.78, 5) is 13.7. The highest BCUT2D eigenvalue weighted by molar-refractivity contribution is 6.30. The molecule has 0 bridgehead atoms. The third kappa shape index (κ3) is 4.89. The van der Waals surface area contributed by atoms with Crippen molar-refractivity contribution in [3.05, 3.63) is 53.6 Å². The van der Waals surface area contributed by atoms with E-state index in [4.69, 9.17) is 21.1 Å². The number of ether oxygens (including phenoxy) is 2. The van der Waals surface area contributed by atoms with E-state index in [1.54, 1.807) is 6.07 Å². The zero-order valence-electron chi connectivity index (χ0n) is 17.0. The van der Waals surface area contributed by atoms with Crippen molar-refractivity contribution in [3.63, 3.8) is 0 Å². The molecule has 30 heavy (non-hydrogen) atoms. The molecular weight excluding hydrogens is 404 g/mol. The molecule has 0 spiro atoms. The average Bonchev–Trinajstić information content (AvgIpc) is 3.32. The quantitative estimate of drug-likeness (QED) is 0.730. The molecule has 2 aromatic carbocycles. The number of rotatable bonds is 6. The Labute approximate surface area is 181 Å². The van der Waals surface area contributed by atoms with Gasteiger partial charge in [-0.15, -0.1) is 0 Å². The summed E-state index contributed by atoms with van der Waals surface area (Å²) in [7, 11) is 0.